The third kappa shape index (κ3) is 6.84. The number of halogens is 4. The van der Waals surface area contributed by atoms with Crippen LogP contribution >= 0.6 is 0 Å². The Balaban J connectivity index is 1.14. The van der Waals surface area contributed by atoms with Crippen LogP contribution in [-0.4, -0.2) is 50.3 Å². The molecule has 10 nitrogen and oxygen atoms in total. The molecule has 0 aliphatic heterocycles. The molecule has 0 spiro atoms. The normalized spacial score (nSPS) is 11.7. The van der Waals surface area contributed by atoms with Crippen LogP contribution in [0.3, 0.4) is 0 Å². The minimum absolute atomic E-state index is 0.254. The molecule has 5 aromatic rings. The van der Waals surface area contributed by atoms with Crippen LogP contribution in [0.2, 0.25) is 0 Å². The van der Waals surface area contributed by atoms with E-state index in [2.05, 4.69) is 30.7 Å². The van der Waals surface area contributed by atoms with Gasteiger partial charge in [0, 0.05) is 66.4 Å². The number of nitrogens with two attached hydrogens (primary N) is 1. The topological polar surface area (TPSA) is 133 Å². The lowest BCUT2D eigenvalue weighted by Gasteiger charge is -2.12. The minimum atomic E-state index is -4.95. The fourth-order valence-corrected chi connectivity index (χ4v) is 4.30. The van der Waals surface area contributed by atoms with E-state index in [4.69, 9.17) is 10.7 Å². The Morgan fingerprint density at radius 1 is 1.05 bits per heavy atom. The molecule has 0 saturated carbocycles. The SMILES string of the molecule is NC(=O)c1ccc2c(c1)nc(NCCn1cc(CCNCc3ccc(OC(F)(F)F)c(F)c3)nn1)c1ccncc12. The van der Waals surface area contributed by atoms with Crippen LogP contribution in [0.1, 0.15) is 21.6 Å². The second-order valence-corrected chi connectivity index (χ2v) is 9.12. The molecule has 3 aromatic heterocycles. The van der Waals surface area contributed by atoms with E-state index in [0.717, 1.165) is 34.0 Å². The number of nitrogens with one attached hydrogen (secondary N) is 2. The summed E-state index contributed by atoms with van der Waals surface area (Å²) in [5.41, 5.74) is 7.62. The van der Waals surface area contributed by atoms with Crippen molar-refractivity contribution in [2.75, 3.05) is 18.4 Å². The van der Waals surface area contributed by atoms with Crippen LogP contribution < -0.4 is 21.1 Å². The summed E-state index contributed by atoms with van der Waals surface area (Å²) in [7, 11) is 0. The fourth-order valence-electron chi connectivity index (χ4n) is 4.30. The van der Waals surface area contributed by atoms with Gasteiger partial charge in [-0.05, 0) is 35.9 Å². The van der Waals surface area contributed by atoms with Gasteiger partial charge in [0.1, 0.15) is 5.82 Å². The van der Waals surface area contributed by atoms with Crippen molar-refractivity contribution in [2.24, 2.45) is 5.73 Å². The van der Waals surface area contributed by atoms with Crippen LogP contribution in [0.25, 0.3) is 21.7 Å². The summed E-state index contributed by atoms with van der Waals surface area (Å²) in [5, 5.41) is 17.3. The molecule has 0 bridgehead atoms. The summed E-state index contributed by atoms with van der Waals surface area (Å²) >= 11 is 0. The number of aromatic nitrogens is 5. The Labute approximate surface area is 230 Å². The highest BCUT2D eigenvalue weighted by atomic mass is 19.4. The third-order valence-electron chi connectivity index (χ3n) is 6.21. The average Bonchev–Trinajstić information content (AvgIpc) is 3.39. The first-order valence-corrected chi connectivity index (χ1v) is 12.5. The lowest BCUT2D eigenvalue weighted by molar-refractivity contribution is -0.275. The number of carbonyl (C=O) groups is 1. The molecule has 2 aromatic carbocycles. The predicted molar refractivity (Wildman–Crippen MR) is 143 cm³/mol. The van der Waals surface area contributed by atoms with E-state index < -0.39 is 23.8 Å². The molecular formula is C27H24F4N8O2. The minimum Gasteiger partial charge on any atom is -0.403 e. The Morgan fingerprint density at radius 2 is 1.90 bits per heavy atom. The summed E-state index contributed by atoms with van der Waals surface area (Å²) in [5.74, 6) is -1.85. The van der Waals surface area contributed by atoms with Gasteiger partial charge in [-0.1, -0.05) is 17.3 Å². The average molecular weight is 569 g/mol. The van der Waals surface area contributed by atoms with Crippen molar-refractivity contribution in [3.8, 4) is 5.75 Å². The van der Waals surface area contributed by atoms with Gasteiger partial charge in [-0.3, -0.25) is 14.5 Å². The summed E-state index contributed by atoms with van der Waals surface area (Å²) < 4.78 is 56.0. The van der Waals surface area contributed by atoms with Crippen molar-refractivity contribution in [3.63, 3.8) is 0 Å². The number of fused-ring (bicyclic) bond motifs is 3. The highest BCUT2D eigenvalue weighted by Gasteiger charge is 2.32. The third-order valence-corrected chi connectivity index (χ3v) is 6.21. The van der Waals surface area contributed by atoms with E-state index in [9.17, 15) is 22.4 Å². The number of hydrogen-bond acceptors (Lipinski definition) is 8. The van der Waals surface area contributed by atoms with Crippen molar-refractivity contribution in [1.82, 2.24) is 30.3 Å². The Kier molecular flexibility index (Phi) is 7.92. The van der Waals surface area contributed by atoms with E-state index in [1.165, 1.54) is 6.07 Å². The quantitative estimate of drug-likeness (QED) is 0.124. The molecule has 0 unspecified atom stereocenters. The van der Waals surface area contributed by atoms with Crippen molar-refractivity contribution in [2.45, 2.75) is 25.9 Å². The number of alkyl halides is 3. The van der Waals surface area contributed by atoms with Gasteiger partial charge in [0.15, 0.2) is 11.6 Å². The zero-order valence-electron chi connectivity index (χ0n) is 21.5. The zero-order chi connectivity index (χ0) is 29.0. The van der Waals surface area contributed by atoms with Crippen molar-refractivity contribution >= 4 is 33.4 Å². The van der Waals surface area contributed by atoms with Gasteiger partial charge in [-0.25, -0.2) is 9.37 Å². The molecule has 5 rings (SSSR count). The van der Waals surface area contributed by atoms with E-state index in [-0.39, 0.29) is 6.54 Å². The number of hydrogen-bond donors (Lipinski definition) is 3. The molecule has 0 aliphatic carbocycles. The van der Waals surface area contributed by atoms with Gasteiger partial charge >= 0.3 is 6.36 Å². The van der Waals surface area contributed by atoms with Gasteiger partial charge in [-0.15, -0.1) is 18.3 Å². The van der Waals surface area contributed by atoms with Crippen LogP contribution in [0, 0.1) is 5.82 Å². The highest BCUT2D eigenvalue weighted by Crippen LogP contribution is 2.29. The number of amides is 1. The second kappa shape index (κ2) is 11.7. The van der Waals surface area contributed by atoms with E-state index in [1.54, 1.807) is 35.4 Å². The summed E-state index contributed by atoms with van der Waals surface area (Å²) in [6.07, 6.45) is 0.828. The lowest BCUT2D eigenvalue weighted by Crippen LogP contribution is -2.19. The number of ether oxygens (including phenoxy) is 1. The molecule has 0 radical (unpaired) electrons. The van der Waals surface area contributed by atoms with Crippen LogP contribution in [0.4, 0.5) is 23.4 Å². The molecule has 0 aliphatic rings. The number of benzene rings is 2. The van der Waals surface area contributed by atoms with E-state index in [1.807, 2.05) is 12.1 Å². The molecule has 1 amide bonds. The van der Waals surface area contributed by atoms with Crippen molar-refractivity contribution in [1.29, 1.82) is 0 Å². The molecule has 0 saturated heterocycles. The van der Waals surface area contributed by atoms with Gasteiger partial charge < -0.3 is 21.1 Å². The van der Waals surface area contributed by atoms with Crippen molar-refractivity contribution < 1.29 is 27.1 Å². The molecule has 212 valence electrons. The van der Waals surface area contributed by atoms with Crippen LogP contribution in [-0.2, 0) is 19.5 Å². The number of nitrogens with zero attached hydrogens (tertiary/aromatic N) is 5. The number of pyridine rings is 2. The van der Waals surface area contributed by atoms with Gasteiger partial charge in [0.05, 0.1) is 17.8 Å². The Hall–Kier alpha value is -4.85. The van der Waals surface area contributed by atoms with E-state index >= 15 is 0 Å². The zero-order valence-corrected chi connectivity index (χ0v) is 21.5. The first-order chi connectivity index (χ1) is 19.7. The largest absolute Gasteiger partial charge is 0.573 e. The van der Waals surface area contributed by atoms with Gasteiger partial charge in [-0.2, -0.15) is 0 Å². The standard InChI is InChI=1S/C27H24F4N8O2/c28-22-11-16(1-4-24(22)41-27(29,30)31)13-33-7-5-18-15-39(38-37-18)10-9-35-26-20-6-8-34-14-21(20)19-3-2-17(25(32)40)12-23(19)36-26/h1-4,6,8,11-12,14-15,33H,5,7,9-10,13H2,(H2,32,40)(H,35,36). The maximum absolute atomic E-state index is 13.9. The predicted octanol–water partition coefficient (Wildman–Crippen LogP) is 3.96. The van der Waals surface area contributed by atoms with Gasteiger partial charge in [0.2, 0.25) is 5.91 Å². The number of anilines is 1. The van der Waals surface area contributed by atoms with Gasteiger partial charge in [0.25, 0.3) is 0 Å². The van der Waals surface area contributed by atoms with Crippen LogP contribution in [0.15, 0.2) is 61.1 Å². The molecule has 0 atom stereocenters. The monoisotopic (exact) mass is 568 g/mol. The first kappa shape index (κ1) is 27.7. The fraction of sp³-hybridized carbons (Fsp3) is 0.222. The Morgan fingerprint density at radius 3 is 2.68 bits per heavy atom. The Bertz CT molecular complexity index is 1710. The van der Waals surface area contributed by atoms with Crippen molar-refractivity contribution in [3.05, 3.63) is 83.7 Å². The van der Waals surface area contributed by atoms with E-state index in [0.29, 0.717) is 48.5 Å². The number of rotatable bonds is 11. The molecule has 41 heavy (non-hydrogen) atoms. The summed E-state index contributed by atoms with van der Waals surface area (Å²) in [4.78, 5) is 20.6. The molecule has 0 fully saturated rings. The van der Waals surface area contributed by atoms with Crippen LogP contribution in [0.5, 0.6) is 5.75 Å². The molecular weight excluding hydrogens is 544 g/mol. The second-order valence-electron chi connectivity index (χ2n) is 9.12. The summed E-state index contributed by atoms with van der Waals surface area (Å²) in [6.45, 7) is 1.74. The molecule has 3 heterocycles. The first-order valence-electron chi connectivity index (χ1n) is 12.5. The maximum atomic E-state index is 13.9. The lowest BCUT2D eigenvalue weighted by atomic mass is 10.1. The smallest absolute Gasteiger partial charge is 0.403 e. The number of carbonyl (C=O) groups excluding carboxylic acids is 1. The number of primary amides is 1. The molecule has 14 heteroatoms. The summed E-state index contributed by atoms with van der Waals surface area (Å²) in [6, 6.07) is 10.3. The molecule has 4 N–H and O–H groups in total. The maximum Gasteiger partial charge on any atom is 0.573 e. The highest BCUT2D eigenvalue weighted by molar-refractivity contribution is 6.11.